The highest BCUT2D eigenvalue weighted by Crippen LogP contribution is 2.28. The van der Waals surface area contributed by atoms with E-state index in [9.17, 15) is 0 Å². The van der Waals surface area contributed by atoms with Gasteiger partial charge in [0.25, 0.3) is 0 Å². The third kappa shape index (κ3) is 5.07. The molecule has 6 nitrogen and oxygen atoms in total. The molecule has 0 radical (unpaired) electrons. The first kappa shape index (κ1) is 22.2. The summed E-state index contributed by atoms with van der Waals surface area (Å²) in [6.07, 6.45) is 0. The van der Waals surface area contributed by atoms with Crippen molar-refractivity contribution in [3.8, 4) is 22.9 Å². The minimum atomic E-state index is 0.387. The van der Waals surface area contributed by atoms with Crippen LogP contribution in [0.5, 0.6) is 11.5 Å². The Hall–Kier alpha value is -3.00. The SMILES string of the molecule is COc1ccccc1-c1n[nH]c(=S)n1NCc1cccc(OCc2ccc(Cl)c(Cl)c2)c1. The largest absolute Gasteiger partial charge is 0.496 e. The van der Waals surface area contributed by atoms with E-state index in [4.69, 9.17) is 44.9 Å². The zero-order valence-electron chi connectivity index (χ0n) is 17.1. The molecule has 2 N–H and O–H groups in total. The Labute approximate surface area is 200 Å². The molecule has 9 heteroatoms. The van der Waals surface area contributed by atoms with Crippen molar-refractivity contribution in [2.75, 3.05) is 12.5 Å². The second-order valence-corrected chi connectivity index (χ2v) is 8.11. The van der Waals surface area contributed by atoms with E-state index in [0.717, 1.165) is 22.4 Å². The van der Waals surface area contributed by atoms with Gasteiger partial charge in [0.1, 0.15) is 18.1 Å². The van der Waals surface area contributed by atoms with Crippen molar-refractivity contribution in [2.24, 2.45) is 0 Å². The third-order valence-electron chi connectivity index (χ3n) is 4.75. The lowest BCUT2D eigenvalue weighted by Crippen LogP contribution is -2.16. The minimum Gasteiger partial charge on any atom is -0.496 e. The number of ether oxygens (including phenoxy) is 2. The Morgan fingerprint density at radius 1 is 1.00 bits per heavy atom. The summed E-state index contributed by atoms with van der Waals surface area (Å²) in [6, 6.07) is 20.9. The number of aromatic nitrogens is 3. The van der Waals surface area contributed by atoms with Gasteiger partial charge >= 0.3 is 0 Å². The molecular weight excluding hydrogens is 467 g/mol. The Morgan fingerprint density at radius 2 is 1.84 bits per heavy atom. The Morgan fingerprint density at radius 3 is 2.66 bits per heavy atom. The van der Waals surface area contributed by atoms with Gasteiger partial charge in [-0.3, -0.25) is 0 Å². The molecule has 4 aromatic rings. The monoisotopic (exact) mass is 486 g/mol. The summed E-state index contributed by atoms with van der Waals surface area (Å²) in [5.41, 5.74) is 6.10. The van der Waals surface area contributed by atoms with E-state index in [1.54, 1.807) is 23.9 Å². The van der Waals surface area contributed by atoms with Crippen molar-refractivity contribution in [1.29, 1.82) is 0 Å². The summed E-state index contributed by atoms with van der Waals surface area (Å²) in [5, 5.41) is 8.22. The fourth-order valence-corrected chi connectivity index (χ4v) is 3.68. The number of H-pyrrole nitrogens is 1. The second-order valence-electron chi connectivity index (χ2n) is 6.91. The molecule has 0 aliphatic heterocycles. The van der Waals surface area contributed by atoms with Crippen LogP contribution in [-0.4, -0.2) is 22.0 Å². The number of methoxy groups -OCH3 is 1. The number of aromatic amines is 1. The molecule has 0 aliphatic rings. The maximum Gasteiger partial charge on any atom is 0.214 e. The van der Waals surface area contributed by atoms with Gasteiger partial charge in [-0.2, -0.15) is 5.10 Å². The molecule has 0 atom stereocenters. The maximum atomic E-state index is 6.08. The molecule has 32 heavy (non-hydrogen) atoms. The van der Waals surface area contributed by atoms with Crippen molar-refractivity contribution in [2.45, 2.75) is 13.2 Å². The summed E-state index contributed by atoms with van der Waals surface area (Å²) >= 11 is 17.5. The molecular formula is C23H20Cl2N4O2S. The fourth-order valence-electron chi connectivity index (χ4n) is 3.17. The fraction of sp³-hybridized carbons (Fsp3) is 0.130. The van der Waals surface area contributed by atoms with Gasteiger partial charge in [0, 0.05) is 0 Å². The lowest BCUT2D eigenvalue weighted by Gasteiger charge is -2.13. The van der Waals surface area contributed by atoms with E-state index in [2.05, 4.69) is 15.6 Å². The quantitative estimate of drug-likeness (QED) is 0.288. The van der Waals surface area contributed by atoms with Gasteiger partial charge in [-0.1, -0.05) is 53.5 Å². The smallest absolute Gasteiger partial charge is 0.214 e. The Kier molecular flexibility index (Phi) is 6.99. The molecule has 0 saturated heterocycles. The van der Waals surface area contributed by atoms with Crippen LogP contribution in [0.4, 0.5) is 0 Å². The minimum absolute atomic E-state index is 0.387. The zero-order valence-corrected chi connectivity index (χ0v) is 19.5. The Bertz CT molecular complexity index is 1290. The predicted molar refractivity (Wildman–Crippen MR) is 130 cm³/mol. The van der Waals surface area contributed by atoms with Crippen LogP contribution < -0.4 is 14.9 Å². The van der Waals surface area contributed by atoms with Crippen molar-refractivity contribution in [3.63, 3.8) is 0 Å². The lowest BCUT2D eigenvalue weighted by molar-refractivity contribution is 0.306. The van der Waals surface area contributed by atoms with Gasteiger partial charge in [-0.25, -0.2) is 9.77 Å². The molecule has 0 saturated carbocycles. The summed E-state index contributed by atoms with van der Waals surface area (Å²) in [7, 11) is 1.63. The number of benzene rings is 3. The number of nitrogens with one attached hydrogen (secondary N) is 2. The van der Waals surface area contributed by atoms with E-state index >= 15 is 0 Å². The summed E-state index contributed by atoms with van der Waals surface area (Å²) in [6.45, 7) is 0.901. The van der Waals surface area contributed by atoms with Crippen LogP contribution >= 0.6 is 35.4 Å². The number of hydrogen-bond donors (Lipinski definition) is 2. The summed E-state index contributed by atoms with van der Waals surface area (Å²) < 4.78 is 13.6. The van der Waals surface area contributed by atoms with Crippen LogP contribution in [0.3, 0.4) is 0 Å². The molecule has 3 aromatic carbocycles. The molecule has 1 aromatic heterocycles. The molecule has 164 valence electrons. The molecule has 0 spiro atoms. The molecule has 0 fully saturated rings. The maximum absolute atomic E-state index is 6.08. The van der Waals surface area contributed by atoms with E-state index in [0.29, 0.717) is 39.5 Å². The van der Waals surface area contributed by atoms with E-state index in [-0.39, 0.29) is 0 Å². The van der Waals surface area contributed by atoms with Gasteiger partial charge in [0.15, 0.2) is 5.82 Å². The number of rotatable bonds is 8. The molecule has 4 rings (SSSR count). The highest BCUT2D eigenvalue weighted by atomic mass is 35.5. The third-order valence-corrected chi connectivity index (χ3v) is 5.76. The highest BCUT2D eigenvalue weighted by molar-refractivity contribution is 7.71. The number of nitrogens with zero attached hydrogens (tertiary/aromatic N) is 2. The van der Waals surface area contributed by atoms with Crippen LogP contribution in [0.25, 0.3) is 11.4 Å². The van der Waals surface area contributed by atoms with Crippen molar-refractivity contribution < 1.29 is 9.47 Å². The number of hydrogen-bond acceptors (Lipinski definition) is 5. The standard InChI is InChI=1S/C23H20Cl2N4O2S/c1-30-21-8-3-2-7-18(21)22-27-28-23(32)29(22)26-13-15-5-4-6-17(11-15)31-14-16-9-10-19(24)20(25)12-16/h2-12,26H,13-14H2,1H3,(H,28,32). The van der Waals surface area contributed by atoms with E-state index in [1.165, 1.54) is 0 Å². The van der Waals surface area contributed by atoms with Gasteiger partial charge in [-0.05, 0) is 59.7 Å². The second kappa shape index (κ2) is 10.1. The van der Waals surface area contributed by atoms with Crippen molar-refractivity contribution >= 4 is 35.4 Å². The number of halogens is 2. The van der Waals surface area contributed by atoms with Crippen LogP contribution in [-0.2, 0) is 13.2 Å². The van der Waals surface area contributed by atoms with Crippen LogP contribution in [0.15, 0.2) is 66.7 Å². The first-order valence-electron chi connectivity index (χ1n) is 9.75. The molecule has 0 amide bonds. The molecule has 0 bridgehead atoms. The average molecular weight is 487 g/mol. The summed E-state index contributed by atoms with van der Waals surface area (Å²) in [5.74, 6) is 2.10. The predicted octanol–water partition coefficient (Wildman–Crippen LogP) is 6.25. The zero-order chi connectivity index (χ0) is 22.5. The van der Waals surface area contributed by atoms with Crippen molar-refractivity contribution in [3.05, 3.63) is 92.7 Å². The molecule has 1 heterocycles. The van der Waals surface area contributed by atoms with Gasteiger partial charge in [0.05, 0.1) is 29.3 Å². The molecule has 0 aliphatic carbocycles. The molecule has 0 unspecified atom stereocenters. The van der Waals surface area contributed by atoms with Crippen LogP contribution in [0.2, 0.25) is 10.0 Å². The van der Waals surface area contributed by atoms with Gasteiger partial charge in [0.2, 0.25) is 4.77 Å². The summed E-state index contributed by atoms with van der Waals surface area (Å²) in [4.78, 5) is 0. The van der Waals surface area contributed by atoms with Gasteiger partial charge in [-0.15, -0.1) is 0 Å². The Balaban J connectivity index is 1.47. The van der Waals surface area contributed by atoms with Crippen molar-refractivity contribution in [1.82, 2.24) is 14.9 Å². The number of para-hydroxylation sites is 1. The van der Waals surface area contributed by atoms with E-state index < -0.39 is 0 Å². The first-order chi connectivity index (χ1) is 15.5. The average Bonchev–Trinajstić information content (AvgIpc) is 3.18. The van der Waals surface area contributed by atoms with Crippen LogP contribution in [0, 0.1) is 4.77 Å². The van der Waals surface area contributed by atoms with Gasteiger partial charge < -0.3 is 14.9 Å². The topological polar surface area (TPSA) is 64.1 Å². The highest BCUT2D eigenvalue weighted by Gasteiger charge is 2.13. The van der Waals surface area contributed by atoms with Crippen LogP contribution in [0.1, 0.15) is 11.1 Å². The first-order valence-corrected chi connectivity index (χ1v) is 10.9. The normalized spacial score (nSPS) is 10.7. The van der Waals surface area contributed by atoms with E-state index in [1.807, 2.05) is 54.6 Å². The lowest BCUT2D eigenvalue weighted by atomic mass is 10.2.